The van der Waals surface area contributed by atoms with Crippen LogP contribution in [0.2, 0.25) is 0 Å². The van der Waals surface area contributed by atoms with Crippen molar-refractivity contribution in [3.63, 3.8) is 0 Å². The molecule has 0 aromatic heterocycles. The number of rotatable bonds is 4. The molecule has 1 unspecified atom stereocenters. The summed E-state index contributed by atoms with van der Waals surface area (Å²) in [5.41, 5.74) is 1.37. The first-order chi connectivity index (χ1) is 12.1. The second-order valence-corrected chi connectivity index (χ2v) is 6.71. The predicted octanol–water partition coefficient (Wildman–Crippen LogP) is 4.20. The van der Waals surface area contributed by atoms with E-state index >= 15 is 0 Å². The maximum Gasteiger partial charge on any atom is 0.319 e. The number of urea groups is 1. The van der Waals surface area contributed by atoms with Crippen LogP contribution in [0.1, 0.15) is 18.0 Å². The summed E-state index contributed by atoms with van der Waals surface area (Å²) in [5.74, 6) is 1.73. The summed E-state index contributed by atoms with van der Waals surface area (Å²) in [6.45, 7) is 0. The number of hydrogen-bond acceptors (Lipinski definition) is 4. The van der Waals surface area contributed by atoms with Gasteiger partial charge in [0.05, 0.1) is 20.3 Å². The minimum Gasteiger partial charge on any atom is -0.497 e. The zero-order valence-corrected chi connectivity index (χ0v) is 14.8. The SMILES string of the molecule is COc1cc(NC(=O)NC2CCSc3ccc(F)cc32)cc(OC)c1. The Kier molecular flexibility index (Phi) is 5.33. The molecule has 2 aromatic rings. The summed E-state index contributed by atoms with van der Waals surface area (Å²) < 4.78 is 23.9. The third-order valence-electron chi connectivity index (χ3n) is 3.93. The molecular formula is C18H19FN2O3S. The number of nitrogens with one attached hydrogen (secondary N) is 2. The van der Waals surface area contributed by atoms with Crippen LogP contribution in [0.5, 0.6) is 11.5 Å². The first-order valence-electron chi connectivity index (χ1n) is 7.82. The summed E-state index contributed by atoms with van der Waals surface area (Å²) in [5, 5.41) is 5.69. The summed E-state index contributed by atoms with van der Waals surface area (Å²) in [6, 6.07) is 9.23. The number of benzene rings is 2. The summed E-state index contributed by atoms with van der Waals surface area (Å²) in [6.07, 6.45) is 0.746. The summed E-state index contributed by atoms with van der Waals surface area (Å²) in [4.78, 5) is 13.4. The highest BCUT2D eigenvalue weighted by Crippen LogP contribution is 2.36. The Morgan fingerprint density at radius 3 is 2.56 bits per heavy atom. The zero-order valence-electron chi connectivity index (χ0n) is 14.0. The van der Waals surface area contributed by atoms with Crippen LogP contribution in [0.3, 0.4) is 0 Å². The molecule has 0 spiro atoms. The molecule has 2 N–H and O–H groups in total. The lowest BCUT2D eigenvalue weighted by Gasteiger charge is -2.26. The minimum absolute atomic E-state index is 0.223. The van der Waals surface area contributed by atoms with E-state index in [1.165, 1.54) is 12.1 Å². The highest BCUT2D eigenvalue weighted by Gasteiger charge is 2.23. The predicted molar refractivity (Wildman–Crippen MR) is 96.2 cm³/mol. The third-order valence-corrected chi connectivity index (χ3v) is 5.05. The monoisotopic (exact) mass is 362 g/mol. The Hall–Kier alpha value is -2.41. The van der Waals surface area contributed by atoms with Crippen molar-refractivity contribution in [2.75, 3.05) is 25.3 Å². The number of anilines is 1. The van der Waals surface area contributed by atoms with E-state index in [-0.39, 0.29) is 17.9 Å². The van der Waals surface area contributed by atoms with Crippen molar-refractivity contribution in [1.82, 2.24) is 5.32 Å². The molecule has 0 fully saturated rings. The number of amides is 2. The van der Waals surface area contributed by atoms with Crippen LogP contribution in [0.15, 0.2) is 41.3 Å². The van der Waals surface area contributed by atoms with Crippen molar-refractivity contribution in [1.29, 1.82) is 0 Å². The standard InChI is InChI=1S/C18H19FN2O3S/c1-23-13-8-12(9-14(10-13)24-2)20-18(22)21-16-5-6-25-17-4-3-11(19)7-15(16)17/h3-4,7-10,16H,5-6H2,1-2H3,(H2,20,21,22). The molecule has 0 saturated carbocycles. The van der Waals surface area contributed by atoms with Crippen molar-refractivity contribution >= 4 is 23.5 Å². The maximum atomic E-state index is 13.6. The Bertz CT molecular complexity index is 763. The Morgan fingerprint density at radius 2 is 1.88 bits per heavy atom. The van der Waals surface area contributed by atoms with Gasteiger partial charge in [-0.3, -0.25) is 0 Å². The number of carbonyl (C=O) groups is 1. The van der Waals surface area contributed by atoms with Gasteiger partial charge in [0.25, 0.3) is 0 Å². The molecule has 3 rings (SSSR count). The molecule has 1 aliphatic heterocycles. The minimum atomic E-state index is -0.359. The molecule has 0 saturated heterocycles. The van der Waals surface area contributed by atoms with Gasteiger partial charge >= 0.3 is 6.03 Å². The van der Waals surface area contributed by atoms with Gasteiger partial charge in [0.1, 0.15) is 17.3 Å². The Morgan fingerprint density at radius 1 is 1.16 bits per heavy atom. The van der Waals surface area contributed by atoms with Gasteiger partial charge in [-0.25, -0.2) is 9.18 Å². The molecule has 0 bridgehead atoms. The van der Waals surface area contributed by atoms with Crippen LogP contribution in [0.4, 0.5) is 14.9 Å². The lowest BCUT2D eigenvalue weighted by atomic mass is 10.0. The first-order valence-corrected chi connectivity index (χ1v) is 8.80. The average Bonchev–Trinajstić information content (AvgIpc) is 2.61. The van der Waals surface area contributed by atoms with E-state index in [4.69, 9.17) is 9.47 Å². The molecule has 1 aliphatic rings. The summed E-state index contributed by atoms with van der Waals surface area (Å²) >= 11 is 1.67. The third kappa shape index (κ3) is 4.17. The topological polar surface area (TPSA) is 59.6 Å². The first kappa shape index (κ1) is 17.4. The van der Waals surface area contributed by atoms with Crippen LogP contribution < -0.4 is 20.1 Å². The number of halogens is 1. The molecule has 2 amide bonds. The Labute approximate surface area is 149 Å². The van der Waals surface area contributed by atoms with E-state index in [2.05, 4.69) is 10.6 Å². The number of ether oxygens (including phenoxy) is 2. The summed E-state index contributed by atoms with van der Waals surface area (Å²) in [7, 11) is 3.09. The van der Waals surface area contributed by atoms with Gasteiger partial charge in [0.2, 0.25) is 0 Å². The van der Waals surface area contributed by atoms with Gasteiger partial charge in [-0.05, 0) is 30.2 Å². The lowest BCUT2D eigenvalue weighted by molar-refractivity contribution is 0.248. The van der Waals surface area contributed by atoms with E-state index in [9.17, 15) is 9.18 Å². The largest absolute Gasteiger partial charge is 0.497 e. The molecule has 0 aliphatic carbocycles. The Balaban J connectivity index is 1.73. The zero-order chi connectivity index (χ0) is 17.8. The van der Waals surface area contributed by atoms with Gasteiger partial charge in [-0.15, -0.1) is 11.8 Å². The number of hydrogen-bond donors (Lipinski definition) is 2. The van der Waals surface area contributed by atoms with Crippen molar-refractivity contribution in [3.8, 4) is 11.5 Å². The second kappa shape index (κ2) is 7.65. The highest BCUT2D eigenvalue weighted by molar-refractivity contribution is 7.99. The van der Waals surface area contributed by atoms with Crippen molar-refractivity contribution in [3.05, 3.63) is 47.8 Å². The van der Waals surface area contributed by atoms with E-state index in [1.54, 1.807) is 50.2 Å². The van der Waals surface area contributed by atoms with Crippen LogP contribution in [0, 0.1) is 5.82 Å². The van der Waals surface area contributed by atoms with Crippen molar-refractivity contribution < 1.29 is 18.7 Å². The molecule has 1 atom stereocenters. The van der Waals surface area contributed by atoms with E-state index in [0.29, 0.717) is 17.2 Å². The molecule has 0 radical (unpaired) electrons. The van der Waals surface area contributed by atoms with E-state index < -0.39 is 0 Å². The second-order valence-electron chi connectivity index (χ2n) is 5.57. The molecule has 2 aromatic carbocycles. The molecular weight excluding hydrogens is 343 g/mol. The molecule has 1 heterocycles. The van der Waals surface area contributed by atoms with Gasteiger partial charge in [0, 0.05) is 34.5 Å². The molecule has 132 valence electrons. The molecule has 25 heavy (non-hydrogen) atoms. The number of fused-ring (bicyclic) bond motifs is 1. The van der Waals surface area contributed by atoms with Gasteiger partial charge in [-0.2, -0.15) is 0 Å². The van der Waals surface area contributed by atoms with Crippen LogP contribution in [-0.4, -0.2) is 26.0 Å². The van der Waals surface area contributed by atoms with Crippen LogP contribution in [-0.2, 0) is 0 Å². The number of methoxy groups -OCH3 is 2. The average molecular weight is 362 g/mol. The van der Waals surface area contributed by atoms with Gasteiger partial charge < -0.3 is 20.1 Å². The van der Waals surface area contributed by atoms with Gasteiger partial charge in [0.15, 0.2) is 0 Å². The van der Waals surface area contributed by atoms with Crippen LogP contribution >= 0.6 is 11.8 Å². The highest BCUT2D eigenvalue weighted by atomic mass is 32.2. The van der Waals surface area contributed by atoms with E-state index in [1.807, 2.05) is 0 Å². The normalized spacial score (nSPS) is 15.9. The van der Waals surface area contributed by atoms with Gasteiger partial charge in [-0.1, -0.05) is 0 Å². The fourth-order valence-corrected chi connectivity index (χ4v) is 3.83. The fourth-order valence-electron chi connectivity index (χ4n) is 2.72. The smallest absolute Gasteiger partial charge is 0.319 e. The fraction of sp³-hybridized carbons (Fsp3) is 0.278. The maximum absolute atomic E-state index is 13.6. The number of thioether (sulfide) groups is 1. The molecule has 7 heteroatoms. The number of carbonyl (C=O) groups excluding carboxylic acids is 1. The van der Waals surface area contributed by atoms with E-state index in [0.717, 1.165) is 22.6 Å². The molecule has 5 nitrogen and oxygen atoms in total. The van der Waals surface area contributed by atoms with Crippen LogP contribution in [0.25, 0.3) is 0 Å². The lowest BCUT2D eigenvalue weighted by Crippen LogP contribution is -2.34. The van der Waals surface area contributed by atoms with Crippen molar-refractivity contribution in [2.24, 2.45) is 0 Å². The van der Waals surface area contributed by atoms with Crippen molar-refractivity contribution in [2.45, 2.75) is 17.4 Å². The quantitative estimate of drug-likeness (QED) is 0.856.